The third-order valence-electron chi connectivity index (χ3n) is 3.69. The second kappa shape index (κ2) is 7.65. The van der Waals surface area contributed by atoms with Crippen molar-refractivity contribution in [3.05, 3.63) is 40.6 Å². The Hall–Kier alpha value is -2.52. The Morgan fingerprint density at radius 2 is 1.96 bits per heavy atom. The molecule has 7 heteroatoms. The Balaban J connectivity index is 2.07. The van der Waals surface area contributed by atoms with Crippen LogP contribution in [0.1, 0.15) is 5.56 Å². The van der Waals surface area contributed by atoms with Gasteiger partial charge in [0.1, 0.15) is 11.6 Å². The van der Waals surface area contributed by atoms with Gasteiger partial charge in [0.05, 0.1) is 0 Å². The zero-order valence-electron chi connectivity index (χ0n) is 12.8. The first-order valence-electron chi connectivity index (χ1n) is 7.17. The van der Waals surface area contributed by atoms with E-state index in [-0.39, 0.29) is 5.57 Å². The van der Waals surface area contributed by atoms with E-state index in [0.29, 0.717) is 36.9 Å². The van der Waals surface area contributed by atoms with Crippen LogP contribution in [0.25, 0.3) is 0 Å². The number of benzene rings is 1. The maximum atomic E-state index is 12.3. The molecule has 23 heavy (non-hydrogen) atoms. The summed E-state index contributed by atoms with van der Waals surface area (Å²) in [6.07, 6.45) is 2.35. The Bertz CT molecular complexity index is 673. The highest BCUT2D eigenvalue weighted by molar-refractivity contribution is 6.31. The molecular formula is C16H17ClN4O2. The molecular weight excluding hydrogens is 316 g/mol. The largest absolute Gasteiger partial charge is 0.373 e. The molecule has 1 saturated heterocycles. The van der Waals surface area contributed by atoms with Gasteiger partial charge < -0.3 is 15.1 Å². The molecule has 1 fully saturated rings. The van der Waals surface area contributed by atoms with Gasteiger partial charge >= 0.3 is 0 Å². The quantitative estimate of drug-likeness (QED) is 0.518. The number of nitrogens with one attached hydrogen (secondary N) is 1. The van der Waals surface area contributed by atoms with Gasteiger partial charge in [0, 0.05) is 43.1 Å². The molecule has 1 aromatic carbocycles. The van der Waals surface area contributed by atoms with Crippen LogP contribution in [0.5, 0.6) is 0 Å². The second-order valence-electron chi connectivity index (χ2n) is 5.20. The maximum absolute atomic E-state index is 12.3. The van der Waals surface area contributed by atoms with Crippen molar-refractivity contribution < 1.29 is 9.59 Å². The monoisotopic (exact) mass is 332 g/mol. The standard InChI is InChI=1S/C16H17ClN4O2/c1-12-14(17)3-2-4-15(12)19-16(23)13(9-18)10-20-5-7-21(11-22)8-6-20/h2-4,10-11H,5-8H2,1H3,(H,19,23)/b13-10-. The Morgan fingerprint density at radius 3 is 2.57 bits per heavy atom. The summed E-state index contributed by atoms with van der Waals surface area (Å²) in [6.45, 7) is 4.13. The van der Waals surface area contributed by atoms with Crippen LogP contribution in [-0.2, 0) is 9.59 Å². The second-order valence-corrected chi connectivity index (χ2v) is 5.61. The maximum Gasteiger partial charge on any atom is 0.267 e. The summed E-state index contributed by atoms with van der Waals surface area (Å²) in [5.74, 6) is -0.476. The predicted octanol–water partition coefficient (Wildman–Crippen LogP) is 1.77. The van der Waals surface area contributed by atoms with Crippen molar-refractivity contribution in [2.45, 2.75) is 6.92 Å². The summed E-state index contributed by atoms with van der Waals surface area (Å²) in [4.78, 5) is 26.5. The van der Waals surface area contributed by atoms with Gasteiger partial charge in [0.2, 0.25) is 6.41 Å². The van der Waals surface area contributed by atoms with Crippen molar-refractivity contribution >= 4 is 29.6 Å². The van der Waals surface area contributed by atoms with Crippen molar-refractivity contribution in [3.63, 3.8) is 0 Å². The highest BCUT2D eigenvalue weighted by Gasteiger charge is 2.17. The Kier molecular flexibility index (Phi) is 5.61. The number of piperazine rings is 1. The lowest BCUT2D eigenvalue weighted by molar-refractivity contribution is -0.119. The molecule has 0 atom stereocenters. The first-order valence-corrected chi connectivity index (χ1v) is 7.54. The van der Waals surface area contributed by atoms with E-state index in [0.717, 1.165) is 12.0 Å². The minimum atomic E-state index is -0.476. The molecule has 120 valence electrons. The lowest BCUT2D eigenvalue weighted by atomic mass is 10.2. The molecule has 6 nitrogen and oxygen atoms in total. The third-order valence-corrected chi connectivity index (χ3v) is 4.10. The van der Waals surface area contributed by atoms with E-state index >= 15 is 0 Å². The van der Waals surface area contributed by atoms with E-state index in [1.807, 2.05) is 11.0 Å². The van der Waals surface area contributed by atoms with E-state index in [2.05, 4.69) is 5.32 Å². The summed E-state index contributed by atoms with van der Waals surface area (Å²) in [6, 6.07) is 7.12. The van der Waals surface area contributed by atoms with Crippen LogP contribution in [0.2, 0.25) is 5.02 Å². The van der Waals surface area contributed by atoms with Gasteiger partial charge in [-0.05, 0) is 24.6 Å². The molecule has 2 amide bonds. The van der Waals surface area contributed by atoms with E-state index in [9.17, 15) is 14.9 Å². The fourth-order valence-electron chi connectivity index (χ4n) is 2.23. The van der Waals surface area contributed by atoms with Crippen LogP contribution in [0.15, 0.2) is 30.0 Å². The molecule has 2 rings (SSSR count). The first-order chi connectivity index (χ1) is 11.0. The average Bonchev–Trinajstić information content (AvgIpc) is 2.57. The van der Waals surface area contributed by atoms with Gasteiger partial charge in [0.25, 0.3) is 5.91 Å². The van der Waals surface area contributed by atoms with Gasteiger partial charge in [-0.25, -0.2) is 0 Å². The number of hydrogen-bond acceptors (Lipinski definition) is 4. The van der Waals surface area contributed by atoms with Gasteiger partial charge in [-0.3, -0.25) is 9.59 Å². The summed E-state index contributed by atoms with van der Waals surface area (Å²) >= 11 is 6.02. The molecule has 1 aliphatic rings. The number of nitriles is 1. The summed E-state index contributed by atoms with van der Waals surface area (Å²) in [5.41, 5.74) is 1.35. The number of hydrogen-bond donors (Lipinski definition) is 1. The summed E-state index contributed by atoms with van der Waals surface area (Å²) in [5, 5.41) is 12.5. The summed E-state index contributed by atoms with van der Waals surface area (Å²) in [7, 11) is 0. The minimum absolute atomic E-state index is 0.0175. The van der Waals surface area contributed by atoms with Crippen LogP contribution in [0, 0.1) is 18.3 Å². The van der Waals surface area contributed by atoms with Crippen LogP contribution in [-0.4, -0.2) is 48.3 Å². The first kappa shape index (κ1) is 16.8. The number of halogens is 1. The minimum Gasteiger partial charge on any atom is -0.373 e. The lowest BCUT2D eigenvalue weighted by Crippen LogP contribution is -2.43. The zero-order chi connectivity index (χ0) is 16.8. The fraction of sp³-hybridized carbons (Fsp3) is 0.312. The summed E-state index contributed by atoms with van der Waals surface area (Å²) < 4.78 is 0. The van der Waals surface area contributed by atoms with E-state index in [1.165, 1.54) is 6.20 Å². The van der Waals surface area contributed by atoms with Crippen LogP contribution < -0.4 is 5.32 Å². The molecule has 1 aliphatic heterocycles. The molecule has 0 aromatic heterocycles. The van der Waals surface area contributed by atoms with Crippen molar-refractivity contribution in [2.24, 2.45) is 0 Å². The topological polar surface area (TPSA) is 76.4 Å². The van der Waals surface area contributed by atoms with Crippen molar-refractivity contribution in [1.82, 2.24) is 9.80 Å². The molecule has 0 spiro atoms. The van der Waals surface area contributed by atoms with Crippen molar-refractivity contribution in [3.8, 4) is 6.07 Å². The lowest BCUT2D eigenvalue weighted by Gasteiger charge is -2.31. The van der Waals surface area contributed by atoms with Gasteiger partial charge in [-0.15, -0.1) is 0 Å². The number of carbonyl (C=O) groups is 2. The van der Waals surface area contributed by atoms with E-state index in [4.69, 9.17) is 11.6 Å². The molecule has 0 bridgehead atoms. The van der Waals surface area contributed by atoms with Crippen LogP contribution >= 0.6 is 11.6 Å². The molecule has 0 unspecified atom stereocenters. The van der Waals surface area contributed by atoms with Gasteiger partial charge in [-0.2, -0.15) is 5.26 Å². The third kappa shape index (κ3) is 4.24. The fourth-order valence-corrected chi connectivity index (χ4v) is 2.40. The number of amides is 2. The Morgan fingerprint density at radius 1 is 1.30 bits per heavy atom. The number of anilines is 1. The van der Waals surface area contributed by atoms with Crippen molar-refractivity contribution in [1.29, 1.82) is 5.26 Å². The van der Waals surface area contributed by atoms with E-state index < -0.39 is 5.91 Å². The van der Waals surface area contributed by atoms with Crippen LogP contribution in [0.3, 0.4) is 0 Å². The molecule has 1 heterocycles. The number of carbonyl (C=O) groups excluding carboxylic acids is 2. The molecule has 1 aromatic rings. The smallest absolute Gasteiger partial charge is 0.267 e. The predicted molar refractivity (Wildman–Crippen MR) is 87.7 cm³/mol. The van der Waals surface area contributed by atoms with Gasteiger partial charge in [-0.1, -0.05) is 17.7 Å². The van der Waals surface area contributed by atoms with Crippen molar-refractivity contribution in [2.75, 3.05) is 31.5 Å². The van der Waals surface area contributed by atoms with E-state index in [1.54, 1.807) is 30.0 Å². The highest BCUT2D eigenvalue weighted by atomic mass is 35.5. The molecule has 0 radical (unpaired) electrons. The molecule has 0 aliphatic carbocycles. The number of rotatable bonds is 4. The molecule has 1 N–H and O–H groups in total. The normalized spacial score (nSPS) is 15.1. The van der Waals surface area contributed by atoms with Gasteiger partial charge in [0.15, 0.2) is 0 Å². The highest BCUT2D eigenvalue weighted by Crippen LogP contribution is 2.23. The average molecular weight is 333 g/mol. The number of nitrogens with zero attached hydrogens (tertiary/aromatic N) is 3. The van der Waals surface area contributed by atoms with Crippen LogP contribution in [0.4, 0.5) is 5.69 Å². The molecule has 0 saturated carbocycles. The SMILES string of the molecule is Cc1c(Cl)cccc1NC(=O)/C(C#N)=C\N1CCN(C=O)CC1. The Labute approximate surface area is 139 Å². The zero-order valence-corrected chi connectivity index (χ0v) is 13.5.